The van der Waals surface area contributed by atoms with E-state index in [1.165, 1.54) is 25.7 Å². The van der Waals surface area contributed by atoms with Crippen molar-refractivity contribution in [3.05, 3.63) is 0 Å². The van der Waals surface area contributed by atoms with Crippen LogP contribution in [0.1, 0.15) is 32.6 Å². The number of hydrogen-bond donors (Lipinski definition) is 2. The number of likely N-dealkylation sites (tertiary alicyclic amines) is 1. The number of nitrogens with zero attached hydrogens (tertiary/aromatic N) is 1. The monoisotopic (exact) mass is 239 g/mol. The van der Waals surface area contributed by atoms with Crippen molar-refractivity contribution in [1.29, 1.82) is 0 Å². The van der Waals surface area contributed by atoms with Gasteiger partial charge in [-0.05, 0) is 58.2 Å². The van der Waals surface area contributed by atoms with Crippen LogP contribution in [0.3, 0.4) is 0 Å². The lowest BCUT2D eigenvalue weighted by Crippen LogP contribution is -2.45. The van der Waals surface area contributed by atoms with E-state index in [9.17, 15) is 4.79 Å². The highest BCUT2D eigenvalue weighted by molar-refractivity contribution is 5.78. The molecule has 2 aliphatic heterocycles. The molecule has 0 aliphatic carbocycles. The zero-order valence-corrected chi connectivity index (χ0v) is 10.9. The van der Waals surface area contributed by atoms with Crippen LogP contribution in [0.4, 0.5) is 0 Å². The maximum absolute atomic E-state index is 11.7. The molecule has 0 radical (unpaired) electrons. The van der Waals surface area contributed by atoms with Gasteiger partial charge in [-0.15, -0.1) is 0 Å². The van der Waals surface area contributed by atoms with Gasteiger partial charge in [0.25, 0.3) is 0 Å². The van der Waals surface area contributed by atoms with Crippen molar-refractivity contribution in [2.45, 2.75) is 38.6 Å². The van der Waals surface area contributed by atoms with Gasteiger partial charge in [0, 0.05) is 12.6 Å². The zero-order chi connectivity index (χ0) is 12.1. The van der Waals surface area contributed by atoms with Crippen molar-refractivity contribution in [2.75, 3.05) is 32.7 Å². The summed E-state index contributed by atoms with van der Waals surface area (Å²) in [5.41, 5.74) is 0. The minimum atomic E-state index is 0.188. The van der Waals surface area contributed by atoms with Crippen LogP contribution in [0.25, 0.3) is 0 Å². The van der Waals surface area contributed by atoms with Crippen molar-refractivity contribution >= 4 is 5.91 Å². The Bertz CT molecular complexity index is 251. The molecule has 4 heteroatoms. The summed E-state index contributed by atoms with van der Waals surface area (Å²) in [7, 11) is 0. The van der Waals surface area contributed by atoms with Crippen molar-refractivity contribution in [2.24, 2.45) is 5.92 Å². The summed E-state index contributed by atoms with van der Waals surface area (Å²) in [4.78, 5) is 14.1. The first kappa shape index (κ1) is 12.8. The molecule has 2 fully saturated rings. The summed E-state index contributed by atoms with van der Waals surface area (Å²) < 4.78 is 0. The molecule has 0 aromatic carbocycles. The number of hydrogen-bond acceptors (Lipinski definition) is 3. The number of amides is 1. The zero-order valence-electron chi connectivity index (χ0n) is 10.9. The van der Waals surface area contributed by atoms with E-state index in [2.05, 4.69) is 15.5 Å². The molecule has 2 rings (SSSR count). The average molecular weight is 239 g/mol. The Morgan fingerprint density at radius 2 is 2.12 bits per heavy atom. The van der Waals surface area contributed by atoms with Crippen LogP contribution in [0, 0.1) is 5.92 Å². The van der Waals surface area contributed by atoms with Crippen LogP contribution in [0.15, 0.2) is 0 Å². The molecular weight excluding hydrogens is 214 g/mol. The molecule has 2 heterocycles. The molecule has 2 aliphatic rings. The normalized spacial score (nSPS) is 27.2. The fraction of sp³-hybridized carbons (Fsp3) is 0.923. The second kappa shape index (κ2) is 6.36. The summed E-state index contributed by atoms with van der Waals surface area (Å²) >= 11 is 0. The van der Waals surface area contributed by atoms with Gasteiger partial charge in [0.1, 0.15) is 0 Å². The van der Waals surface area contributed by atoms with Gasteiger partial charge in [-0.1, -0.05) is 0 Å². The second-order valence-electron chi connectivity index (χ2n) is 5.22. The third-order valence-corrected chi connectivity index (χ3v) is 4.06. The first-order chi connectivity index (χ1) is 8.31. The lowest BCUT2D eigenvalue weighted by molar-refractivity contribution is -0.122. The van der Waals surface area contributed by atoms with Crippen molar-refractivity contribution in [3.8, 4) is 0 Å². The highest BCUT2D eigenvalue weighted by atomic mass is 16.2. The van der Waals surface area contributed by atoms with Crippen molar-refractivity contribution < 1.29 is 4.79 Å². The SMILES string of the molecule is CCNC(=O)CN1CCCC1C1CCNCC1. The summed E-state index contributed by atoms with van der Waals surface area (Å²) in [6.45, 7) is 6.72. The number of carbonyl (C=O) groups is 1. The predicted molar refractivity (Wildman–Crippen MR) is 68.9 cm³/mol. The maximum atomic E-state index is 11.7. The minimum absolute atomic E-state index is 0.188. The molecule has 0 bridgehead atoms. The molecule has 1 unspecified atom stereocenters. The third-order valence-electron chi connectivity index (χ3n) is 4.06. The van der Waals surface area contributed by atoms with Crippen LogP contribution in [0.2, 0.25) is 0 Å². The van der Waals surface area contributed by atoms with Crippen molar-refractivity contribution in [1.82, 2.24) is 15.5 Å². The summed E-state index contributed by atoms with van der Waals surface area (Å²) in [5.74, 6) is 0.988. The minimum Gasteiger partial charge on any atom is -0.355 e. The smallest absolute Gasteiger partial charge is 0.234 e. The first-order valence-electron chi connectivity index (χ1n) is 7.02. The van der Waals surface area contributed by atoms with Gasteiger partial charge in [-0.3, -0.25) is 9.69 Å². The van der Waals surface area contributed by atoms with Gasteiger partial charge in [0.05, 0.1) is 6.54 Å². The van der Waals surface area contributed by atoms with Crippen LogP contribution < -0.4 is 10.6 Å². The van der Waals surface area contributed by atoms with Crippen LogP contribution in [-0.4, -0.2) is 49.6 Å². The average Bonchev–Trinajstić information content (AvgIpc) is 2.78. The molecule has 0 aromatic rings. The quantitative estimate of drug-likeness (QED) is 0.754. The van der Waals surface area contributed by atoms with Gasteiger partial charge < -0.3 is 10.6 Å². The van der Waals surface area contributed by atoms with Gasteiger partial charge in [-0.2, -0.15) is 0 Å². The lowest BCUT2D eigenvalue weighted by atomic mass is 9.89. The molecule has 1 atom stereocenters. The number of likely N-dealkylation sites (N-methyl/N-ethyl adjacent to an activating group) is 1. The van der Waals surface area contributed by atoms with Crippen molar-refractivity contribution in [3.63, 3.8) is 0 Å². The van der Waals surface area contributed by atoms with E-state index in [4.69, 9.17) is 0 Å². The van der Waals surface area contributed by atoms with E-state index >= 15 is 0 Å². The molecule has 2 saturated heterocycles. The fourth-order valence-corrected chi connectivity index (χ4v) is 3.25. The molecule has 17 heavy (non-hydrogen) atoms. The largest absolute Gasteiger partial charge is 0.355 e. The Morgan fingerprint density at radius 3 is 2.82 bits per heavy atom. The van der Waals surface area contributed by atoms with Gasteiger partial charge in [0.2, 0.25) is 5.91 Å². The lowest BCUT2D eigenvalue weighted by Gasteiger charge is -2.34. The molecule has 98 valence electrons. The summed E-state index contributed by atoms with van der Waals surface area (Å²) in [6, 6.07) is 0.653. The number of piperidine rings is 1. The Hall–Kier alpha value is -0.610. The van der Waals surface area contributed by atoms with Gasteiger partial charge in [0.15, 0.2) is 0 Å². The molecular formula is C13H25N3O. The fourth-order valence-electron chi connectivity index (χ4n) is 3.25. The highest BCUT2D eigenvalue weighted by Gasteiger charge is 2.32. The molecule has 0 aromatic heterocycles. The molecule has 2 N–H and O–H groups in total. The maximum Gasteiger partial charge on any atom is 0.234 e. The van der Waals surface area contributed by atoms with E-state index in [-0.39, 0.29) is 5.91 Å². The standard InChI is InChI=1S/C13H25N3O/c1-2-15-13(17)10-16-9-3-4-12(16)11-5-7-14-8-6-11/h11-12,14H,2-10H2,1H3,(H,15,17). The second-order valence-corrected chi connectivity index (χ2v) is 5.22. The number of nitrogens with one attached hydrogen (secondary N) is 2. The Balaban J connectivity index is 1.85. The molecule has 0 spiro atoms. The van der Waals surface area contributed by atoms with E-state index in [1.54, 1.807) is 0 Å². The molecule has 1 amide bonds. The Labute approximate surface area is 104 Å². The van der Waals surface area contributed by atoms with Crippen LogP contribution >= 0.6 is 0 Å². The summed E-state index contributed by atoms with van der Waals surface area (Å²) in [6.07, 6.45) is 5.09. The van der Waals surface area contributed by atoms with E-state index in [1.807, 2.05) is 6.92 Å². The van der Waals surface area contributed by atoms with Crippen LogP contribution in [-0.2, 0) is 4.79 Å². The van der Waals surface area contributed by atoms with Gasteiger partial charge >= 0.3 is 0 Å². The van der Waals surface area contributed by atoms with E-state index in [0.717, 1.165) is 32.1 Å². The molecule has 4 nitrogen and oxygen atoms in total. The third kappa shape index (κ3) is 3.42. The predicted octanol–water partition coefficient (Wildman–Crippen LogP) is 0.587. The first-order valence-corrected chi connectivity index (χ1v) is 7.02. The topological polar surface area (TPSA) is 44.4 Å². The summed E-state index contributed by atoms with van der Waals surface area (Å²) in [5, 5.41) is 6.32. The van der Waals surface area contributed by atoms with E-state index < -0.39 is 0 Å². The Kier molecular flexibility index (Phi) is 4.80. The van der Waals surface area contributed by atoms with Crippen LogP contribution in [0.5, 0.6) is 0 Å². The number of carbonyl (C=O) groups excluding carboxylic acids is 1. The van der Waals surface area contributed by atoms with E-state index in [0.29, 0.717) is 12.6 Å². The van der Waals surface area contributed by atoms with Gasteiger partial charge in [-0.25, -0.2) is 0 Å². The molecule has 0 saturated carbocycles. The highest BCUT2D eigenvalue weighted by Crippen LogP contribution is 2.29. The Morgan fingerprint density at radius 1 is 1.35 bits per heavy atom. The number of rotatable bonds is 4.